The average Bonchev–Trinajstić information content (AvgIpc) is 2.89. The van der Waals surface area contributed by atoms with Crippen molar-refractivity contribution in [2.24, 2.45) is 5.73 Å². The maximum atomic E-state index is 11.1. The van der Waals surface area contributed by atoms with Gasteiger partial charge in [-0.2, -0.15) is 5.26 Å². The van der Waals surface area contributed by atoms with Crippen molar-refractivity contribution in [3.63, 3.8) is 0 Å². The molecule has 3 aromatic carbocycles. The van der Waals surface area contributed by atoms with Crippen LogP contribution in [0.3, 0.4) is 0 Å². The number of methoxy groups -OCH3 is 1. The third-order valence-electron chi connectivity index (χ3n) is 5.27. The number of primary amides is 1. The summed E-state index contributed by atoms with van der Waals surface area (Å²) in [5.74, 6) is 2.70. The van der Waals surface area contributed by atoms with Crippen LogP contribution in [0, 0.1) is 11.3 Å². The van der Waals surface area contributed by atoms with E-state index in [2.05, 4.69) is 21.7 Å². The van der Waals surface area contributed by atoms with Crippen LogP contribution in [0.2, 0.25) is 0 Å². The zero-order chi connectivity index (χ0) is 26.2. The molecule has 1 heterocycles. The molecule has 0 fully saturated rings. The first-order valence-corrected chi connectivity index (χ1v) is 11.8. The number of urea groups is 1. The second-order valence-corrected chi connectivity index (χ2v) is 8.22. The number of carbonyl (C=O) groups is 1. The van der Waals surface area contributed by atoms with Crippen LogP contribution in [-0.2, 0) is 0 Å². The molecular formula is C27H24ClN5O4. The highest BCUT2D eigenvalue weighted by atomic mass is 35.5. The number of benzene rings is 3. The van der Waals surface area contributed by atoms with Gasteiger partial charge < -0.3 is 30.6 Å². The number of halogens is 1. The first-order valence-electron chi connectivity index (χ1n) is 11.3. The van der Waals surface area contributed by atoms with E-state index in [0.29, 0.717) is 69.7 Å². The summed E-state index contributed by atoms with van der Waals surface area (Å²) in [6, 6.07) is 19.2. The fraction of sp³-hybridized carbons (Fsp3) is 0.148. The summed E-state index contributed by atoms with van der Waals surface area (Å²) in [6.07, 6.45) is 2.22. The van der Waals surface area contributed by atoms with Crippen LogP contribution in [-0.4, -0.2) is 30.6 Å². The van der Waals surface area contributed by atoms with Crippen molar-refractivity contribution in [3.8, 4) is 29.1 Å². The smallest absolute Gasteiger partial charge is 0.316 e. The Morgan fingerprint density at radius 2 is 1.89 bits per heavy atom. The van der Waals surface area contributed by atoms with Gasteiger partial charge in [-0.3, -0.25) is 4.98 Å². The third-order valence-corrected chi connectivity index (χ3v) is 5.54. The summed E-state index contributed by atoms with van der Waals surface area (Å²) < 4.78 is 17.2. The molecule has 0 radical (unpaired) electrons. The van der Waals surface area contributed by atoms with Gasteiger partial charge >= 0.3 is 6.03 Å². The predicted molar refractivity (Wildman–Crippen MR) is 143 cm³/mol. The van der Waals surface area contributed by atoms with Crippen molar-refractivity contribution in [1.82, 2.24) is 4.98 Å². The molecule has 4 N–H and O–H groups in total. The fourth-order valence-electron chi connectivity index (χ4n) is 3.59. The number of hydrogen-bond donors (Lipinski definition) is 3. The molecule has 188 valence electrons. The summed E-state index contributed by atoms with van der Waals surface area (Å²) in [5.41, 5.74) is 8.06. The van der Waals surface area contributed by atoms with Gasteiger partial charge in [-0.15, -0.1) is 11.6 Å². The second-order valence-electron chi connectivity index (χ2n) is 7.84. The molecule has 37 heavy (non-hydrogen) atoms. The van der Waals surface area contributed by atoms with Gasteiger partial charge in [-0.1, -0.05) is 6.07 Å². The molecular weight excluding hydrogens is 494 g/mol. The van der Waals surface area contributed by atoms with E-state index in [9.17, 15) is 10.1 Å². The Balaban J connectivity index is 1.58. The lowest BCUT2D eigenvalue weighted by molar-refractivity contribution is 0.259. The van der Waals surface area contributed by atoms with Gasteiger partial charge in [0.2, 0.25) is 0 Å². The number of nitriles is 1. The van der Waals surface area contributed by atoms with Crippen LogP contribution in [0.5, 0.6) is 23.0 Å². The molecule has 0 saturated carbocycles. The van der Waals surface area contributed by atoms with E-state index in [-0.39, 0.29) is 0 Å². The van der Waals surface area contributed by atoms with Crippen molar-refractivity contribution in [3.05, 3.63) is 72.4 Å². The number of nitrogens with zero attached hydrogens (tertiary/aromatic N) is 2. The molecule has 9 nitrogen and oxygen atoms in total. The molecule has 4 aromatic rings. The standard InChI is InChI=1S/C27H24ClN5O4/c1-35-24-13-22-23(14-25(24)36-11-3-10-28)31-16-17(15-29)26(22)32-18-6-8-20(9-7-18)37-21-5-2-4-19(12-21)33-27(30)34/h2,4-9,12-14,16H,3,10-11H2,1H3,(H,31,32)(H3,30,33,34). The molecule has 1 aromatic heterocycles. The van der Waals surface area contributed by atoms with Crippen molar-refractivity contribution >= 4 is 45.6 Å². The number of pyridine rings is 1. The molecule has 0 atom stereocenters. The first kappa shape index (κ1) is 25.4. The number of carbonyl (C=O) groups excluding carboxylic acids is 1. The topological polar surface area (TPSA) is 132 Å². The lowest BCUT2D eigenvalue weighted by Crippen LogP contribution is -2.19. The molecule has 0 aliphatic rings. The highest BCUT2D eigenvalue weighted by Gasteiger charge is 2.15. The molecule has 2 amide bonds. The number of nitrogens with two attached hydrogens (primary N) is 1. The van der Waals surface area contributed by atoms with E-state index in [1.807, 2.05) is 12.1 Å². The van der Waals surface area contributed by atoms with Crippen LogP contribution < -0.4 is 30.6 Å². The Bertz CT molecular complexity index is 1450. The Morgan fingerprint density at radius 3 is 2.59 bits per heavy atom. The van der Waals surface area contributed by atoms with Crippen molar-refractivity contribution in [2.45, 2.75) is 6.42 Å². The van der Waals surface area contributed by atoms with Crippen molar-refractivity contribution in [2.75, 3.05) is 30.2 Å². The molecule has 10 heteroatoms. The Kier molecular flexibility index (Phi) is 8.13. The molecule has 4 rings (SSSR count). The normalized spacial score (nSPS) is 10.4. The minimum absolute atomic E-state index is 0.379. The van der Waals surface area contributed by atoms with Gasteiger partial charge in [0, 0.05) is 41.0 Å². The Labute approximate surface area is 218 Å². The quantitative estimate of drug-likeness (QED) is 0.170. The van der Waals surface area contributed by atoms with Crippen LogP contribution in [0.4, 0.5) is 21.9 Å². The highest BCUT2D eigenvalue weighted by molar-refractivity contribution is 6.17. The highest BCUT2D eigenvalue weighted by Crippen LogP contribution is 2.37. The predicted octanol–water partition coefficient (Wildman–Crippen LogP) is 6.15. The summed E-state index contributed by atoms with van der Waals surface area (Å²) >= 11 is 5.75. The Morgan fingerprint density at radius 1 is 1.08 bits per heavy atom. The van der Waals surface area contributed by atoms with Crippen LogP contribution in [0.25, 0.3) is 10.9 Å². The average molecular weight is 518 g/mol. The van der Waals surface area contributed by atoms with Crippen LogP contribution in [0.1, 0.15) is 12.0 Å². The number of alkyl halides is 1. The minimum atomic E-state index is -0.652. The van der Waals surface area contributed by atoms with Crippen LogP contribution in [0.15, 0.2) is 66.9 Å². The maximum Gasteiger partial charge on any atom is 0.316 e. The summed E-state index contributed by atoms with van der Waals surface area (Å²) in [5, 5.41) is 16.3. The van der Waals surface area contributed by atoms with E-state index < -0.39 is 6.03 Å². The number of hydrogen-bond acceptors (Lipinski definition) is 7. The number of rotatable bonds is 10. The summed E-state index contributed by atoms with van der Waals surface area (Å²) in [6.45, 7) is 0.452. The molecule has 0 unspecified atom stereocenters. The molecule has 0 saturated heterocycles. The molecule has 0 aliphatic heterocycles. The largest absolute Gasteiger partial charge is 0.493 e. The SMILES string of the molecule is COc1cc2c(Nc3ccc(Oc4cccc(NC(N)=O)c4)cc3)c(C#N)cnc2cc1OCCCCl. The van der Waals surface area contributed by atoms with E-state index >= 15 is 0 Å². The zero-order valence-corrected chi connectivity index (χ0v) is 20.7. The van der Waals surface area contributed by atoms with Crippen LogP contribution >= 0.6 is 11.6 Å². The Hall–Kier alpha value is -4.68. The van der Waals surface area contributed by atoms with E-state index in [0.717, 1.165) is 5.69 Å². The third kappa shape index (κ3) is 6.31. The second kappa shape index (κ2) is 11.8. The number of nitrogens with one attached hydrogen (secondary N) is 2. The van der Waals surface area contributed by atoms with Gasteiger partial charge in [0.25, 0.3) is 0 Å². The first-order chi connectivity index (χ1) is 18.0. The fourth-order valence-corrected chi connectivity index (χ4v) is 3.70. The molecule has 0 bridgehead atoms. The van der Waals surface area contributed by atoms with Gasteiger partial charge in [-0.25, -0.2) is 4.79 Å². The number of fused-ring (bicyclic) bond motifs is 1. The number of ether oxygens (including phenoxy) is 3. The van der Waals surface area contributed by atoms with Gasteiger partial charge in [0.15, 0.2) is 11.5 Å². The van der Waals surface area contributed by atoms with E-state index in [1.165, 1.54) is 6.20 Å². The van der Waals surface area contributed by atoms with E-state index in [1.54, 1.807) is 55.6 Å². The molecule has 0 aliphatic carbocycles. The lowest BCUT2D eigenvalue weighted by atomic mass is 10.1. The number of aromatic nitrogens is 1. The number of amides is 2. The zero-order valence-electron chi connectivity index (χ0n) is 20.0. The van der Waals surface area contributed by atoms with E-state index in [4.69, 9.17) is 31.5 Å². The monoisotopic (exact) mass is 517 g/mol. The lowest BCUT2D eigenvalue weighted by Gasteiger charge is -2.15. The summed E-state index contributed by atoms with van der Waals surface area (Å²) in [4.78, 5) is 15.5. The van der Waals surface area contributed by atoms with Gasteiger partial charge in [-0.05, 0) is 48.9 Å². The number of anilines is 3. The molecule has 0 spiro atoms. The van der Waals surface area contributed by atoms with Crippen molar-refractivity contribution < 1.29 is 19.0 Å². The van der Waals surface area contributed by atoms with Gasteiger partial charge in [0.1, 0.15) is 17.6 Å². The minimum Gasteiger partial charge on any atom is -0.493 e. The van der Waals surface area contributed by atoms with Crippen molar-refractivity contribution in [1.29, 1.82) is 5.26 Å². The van der Waals surface area contributed by atoms with Gasteiger partial charge in [0.05, 0.1) is 30.5 Å². The summed E-state index contributed by atoms with van der Waals surface area (Å²) in [7, 11) is 1.56. The maximum absolute atomic E-state index is 11.1.